The van der Waals surface area contributed by atoms with E-state index in [9.17, 15) is 28.5 Å². The van der Waals surface area contributed by atoms with Crippen molar-refractivity contribution in [3.8, 4) is 0 Å². The van der Waals surface area contributed by atoms with Gasteiger partial charge in [-0.1, -0.05) is 18.2 Å². The molecule has 0 radical (unpaired) electrons. The topological polar surface area (TPSA) is 92.6 Å². The zero-order valence-electron chi connectivity index (χ0n) is 16.8. The van der Waals surface area contributed by atoms with Crippen LogP contribution in [0, 0.1) is 28.7 Å². The molecule has 1 aliphatic rings. The van der Waals surface area contributed by atoms with Gasteiger partial charge in [-0.3, -0.25) is 19.7 Å². The van der Waals surface area contributed by atoms with E-state index in [1.807, 2.05) is 0 Å². The van der Waals surface area contributed by atoms with Crippen molar-refractivity contribution in [3.05, 3.63) is 105 Å². The molecular formula is C23H17F2N3O4. The van der Waals surface area contributed by atoms with E-state index in [0.29, 0.717) is 16.8 Å². The quantitative estimate of drug-likeness (QED) is 0.487. The normalized spacial score (nSPS) is 15.5. The number of nitrogens with zero attached hydrogens (tertiary/aromatic N) is 2. The highest BCUT2D eigenvalue weighted by Crippen LogP contribution is 2.37. The third-order valence-electron chi connectivity index (χ3n) is 5.39. The third kappa shape index (κ3) is 3.80. The fraction of sp³-hybridized carbons (Fsp3) is 0.130. The highest BCUT2D eigenvalue weighted by atomic mass is 19.1. The van der Waals surface area contributed by atoms with Crippen LogP contribution in [-0.2, 0) is 4.79 Å². The monoisotopic (exact) mass is 437 g/mol. The lowest BCUT2D eigenvalue weighted by molar-refractivity contribution is -0.385. The molecule has 1 aliphatic heterocycles. The van der Waals surface area contributed by atoms with Crippen molar-refractivity contribution in [1.82, 2.24) is 4.90 Å². The van der Waals surface area contributed by atoms with E-state index < -0.39 is 34.4 Å². The lowest BCUT2D eigenvalue weighted by atomic mass is 9.94. The smallest absolute Gasteiger partial charge is 0.273 e. The molecule has 0 bridgehead atoms. The maximum absolute atomic E-state index is 14.2. The largest absolute Gasteiger partial charge is 0.324 e. The molecule has 9 heteroatoms. The molecule has 3 aromatic rings. The van der Waals surface area contributed by atoms with E-state index in [2.05, 4.69) is 5.32 Å². The Morgan fingerprint density at radius 1 is 1.09 bits per heavy atom. The maximum Gasteiger partial charge on any atom is 0.273 e. The van der Waals surface area contributed by atoms with Gasteiger partial charge in [0.2, 0.25) is 5.91 Å². The van der Waals surface area contributed by atoms with E-state index >= 15 is 0 Å². The molecule has 0 spiro atoms. The lowest BCUT2D eigenvalue weighted by Crippen LogP contribution is -2.39. The Labute approximate surface area is 181 Å². The van der Waals surface area contributed by atoms with Crippen molar-refractivity contribution in [2.45, 2.75) is 13.0 Å². The Hall–Kier alpha value is -4.14. The van der Waals surface area contributed by atoms with Gasteiger partial charge in [0.05, 0.1) is 11.0 Å². The second-order valence-corrected chi connectivity index (χ2v) is 7.37. The van der Waals surface area contributed by atoms with E-state index in [1.165, 1.54) is 72.5 Å². The fourth-order valence-corrected chi connectivity index (χ4v) is 3.88. The third-order valence-corrected chi connectivity index (χ3v) is 5.39. The standard InChI is InChI=1S/C23H17F2N3O4/c1-13-17(3-2-4-20(13)28(31)32)23(30)27-12-21(29)26-19-10-9-16(25)11-18(19)22(27)14-5-7-15(24)8-6-14/h2-11,22H,12H2,1H3,(H,26,29)/t22-/m0/s1. The summed E-state index contributed by atoms with van der Waals surface area (Å²) in [5.74, 6) is -2.24. The average Bonchev–Trinajstić information content (AvgIpc) is 2.89. The van der Waals surface area contributed by atoms with Gasteiger partial charge in [0, 0.05) is 28.4 Å². The molecule has 1 N–H and O–H groups in total. The van der Waals surface area contributed by atoms with Gasteiger partial charge in [-0.2, -0.15) is 0 Å². The van der Waals surface area contributed by atoms with Gasteiger partial charge < -0.3 is 10.2 Å². The van der Waals surface area contributed by atoms with Gasteiger partial charge in [0.15, 0.2) is 0 Å². The van der Waals surface area contributed by atoms with Crippen molar-refractivity contribution in [2.24, 2.45) is 0 Å². The van der Waals surface area contributed by atoms with Crippen LogP contribution in [0.15, 0.2) is 60.7 Å². The Morgan fingerprint density at radius 3 is 2.47 bits per heavy atom. The molecule has 0 aromatic heterocycles. The predicted molar refractivity (Wildman–Crippen MR) is 112 cm³/mol. The van der Waals surface area contributed by atoms with Crippen LogP contribution in [0.2, 0.25) is 0 Å². The molecule has 7 nitrogen and oxygen atoms in total. The minimum atomic E-state index is -0.939. The first kappa shape index (κ1) is 21.1. The number of halogens is 2. The van der Waals surface area contributed by atoms with E-state index in [1.54, 1.807) is 0 Å². The Bertz CT molecular complexity index is 1240. The molecule has 0 fully saturated rings. The van der Waals surface area contributed by atoms with Crippen molar-refractivity contribution in [2.75, 3.05) is 11.9 Å². The van der Waals surface area contributed by atoms with Crippen LogP contribution in [0.5, 0.6) is 0 Å². The number of fused-ring (bicyclic) bond motifs is 1. The summed E-state index contributed by atoms with van der Waals surface area (Å²) in [5, 5.41) is 14.0. The van der Waals surface area contributed by atoms with Crippen LogP contribution < -0.4 is 5.32 Å². The first-order valence-electron chi connectivity index (χ1n) is 9.66. The summed E-state index contributed by atoms with van der Waals surface area (Å²) in [4.78, 5) is 38.1. The Balaban J connectivity index is 1.91. The first-order chi connectivity index (χ1) is 15.3. The van der Waals surface area contributed by atoms with Crippen LogP contribution in [0.4, 0.5) is 20.2 Å². The summed E-state index contributed by atoms with van der Waals surface area (Å²) < 4.78 is 27.8. The van der Waals surface area contributed by atoms with Crippen LogP contribution in [-0.4, -0.2) is 28.2 Å². The minimum Gasteiger partial charge on any atom is -0.324 e. The molecule has 32 heavy (non-hydrogen) atoms. The lowest BCUT2D eigenvalue weighted by Gasteiger charge is -2.31. The van der Waals surface area contributed by atoms with Crippen LogP contribution in [0.1, 0.15) is 33.1 Å². The number of rotatable bonds is 3. The number of anilines is 1. The maximum atomic E-state index is 14.2. The van der Waals surface area contributed by atoms with E-state index in [4.69, 9.17) is 0 Å². The summed E-state index contributed by atoms with van der Waals surface area (Å²) in [6, 6.07) is 12.2. The van der Waals surface area contributed by atoms with Crippen LogP contribution in [0.25, 0.3) is 0 Å². The van der Waals surface area contributed by atoms with Crippen molar-refractivity contribution in [1.29, 1.82) is 0 Å². The zero-order valence-corrected chi connectivity index (χ0v) is 16.8. The summed E-state index contributed by atoms with van der Waals surface area (Å²) in [5.41, 5.74) is 1.02. The number of hydrogen-bond donors (Lipinski definition) is 1. The summed E-state index contributed by atoms with van der Waals surface area (Å²) in [7, 11) is 0. The number of benzene rings is 3. The Kier molecular flexibility index (Phi) is 5.40. The van der Waals surface area contributed by atoms with E-state index in [0.717, 1.165) is 0 Å². The molecule has 1 atom stereocenters. The number of nitro groups is 1. The molecule has 1 heterocycles. The molecular weight excluding hydrogens is 420 g/mol. The van der Waals surface area contributed by atoms with Gasteiger partial charge in [-0.15, -0.1) is 0 Å². The van der Waals surface area contributed by atoms with E-state index in [-0.39, 0.29) is 23.4 Å². The van der Waals surface area contributed by atoms with Crippen LogP contribution in [0.3, 0.4) is 0 Å². The Morgan fingerprint density at radius 2 is 1.78 bits per heavy atom. The number of amides is 2. The van der Waals surface area contributed by atoms with Gasteiger partial charge in [0.1, 0.15) is 18.2 Å². The molecule has 162 valence electrons. The second-order valence-electron chi connectivity index (χ2n) is 7.37. The summed E-state index contributed by atoms with van der Waals surface area (Å²) >= 11 is 0. The second kappa shape index (κ2) is 8.18. The molecule has 0 unspecified atom stereocenters. The highest BCUT2D eigenvalue weighted by molar-refractivity contribution is 6.02. The average molecular weight is 437 g/mol. The van der Waals surface area contributed by atoms with Crippen LogP contribution >= 0.6 is 0 Å². The zero-order chi connectivity index (χ0) is 23.0. The highest BCUT2D eigenvalue weighted by Gasteiger charge is 2.35. The molecule has 0 aliphatic carbocycles. The summed E-state index contributed by atoms with van der Waals surface area (Å²) in [6.07, 6.45) is 0. The fourth-order valence-electron chi connectivity index (χ4n) is 3.88. The van der Waals surface area contributed by atoms with Crippen molar-refractivity contribution < 1.29 is 23.3 Å². The summed E-state index contributed by atoms with van der Waals surface area (Å²) in [6.45, 7) is 1.06. The predicted octanol–water partition coefficient (Wildman–Crippen LogP) is 4.37. The molecule has 3 aromatic carbocycles. The number of carbonyl (C=O) groups excluding carboxylic acids is 2. The van der Waals surface area contributed by atoms with Gasteiger partial charge in [0.25, 0.3) is 11.6 Å². The number of carbonyl (C=O) groups is 2. The SMILES string of the molecule is Cc1c(C(=O)N2CC(=O)Nc3ccc(F)cc3[C@@H]2c2ccc(F)cc2)cccc1[N+](=O)[O-]. The number of nitro benzene ring substituents is 1. The molecule has 0 saturated carbocycles. The number of hydrogen-bond acceptors (Lipinski definition) is 4. The van der Waals surface area contributed by atoms with Crippen molar-refractivity contribution in [3.63, 3.8) is 0 Å². The molecule has 0 saturated heterocycles. The molecule has 2 amide bonds. The first-order valence-corrected chi connectivity index (χ1v) is 9.66. The van der Waals surface area contributed by atoms with Gasteiger partial charge >= 0.3 is 0 Å². The van der Waals surface area contributed by atoms with Crippen molar-refractivity contribution >= 4 is 23.2 Å². The van der Waals surface area contributed by atoms with Gasteiger partial charge in [-0.25, -0.2) is 8.78 Å². The van der Waals surface area contributed by atoms with Gasteiger partial charge in [-0.05, 0) is 48.9 Å². The minimum absolute atomic E-state index is 0.0407. The number of nitrogens with one attached hydrogen (secondary N) is 1. The molecule has 4 rings (SSSR count).